The van der Waals surface area contributed by atoms with Gasteiger partial charge in [0.05, 0.1) is 17.8 Å². The van der Waals surface area contributed by atoms with Crippen molar-refractivity contribution in [2.24, 2.45) is 5.92 Å². The molecule has 4 N–H and O–H groups in total. The molecule has 10 nitrogen and oxygen atoms in total. The second-order valence-electron chi connectivity index (χ2n) is 13.2. The zero-order chi connectivity index (χ0) is 35.3. The Hall–Kier alpha value is -4.80. The highest BCUT2D eigenvalue weighted by atomic mass is 16.5. The summed E-state index contributed by atoms with van der Waals surface area (Å²) in [6, 6.07) is 26.4. The number of fused-ring (bicyclic) bond motifs is 1. The minimum absolute atomic E-state index is 0.00926. The summed E-state index contributed by atoms with van der Waals surface area (Å²) in [5.74, 6) is -0.878. The summed E-state index contributed by atoms with van der Waals surface area (Å²) in [7, 11) is 0. The van der Waals surface area contributed by atoms with E-state index in [1.165, 1.54) is 6.42 Å². The van der Waals surface area contributed by atoms with E-state index in [2.05, 4.69) is 20.9 Å². The fourth-order valence-electron chi connectivity index (χ4n) is 6.53. The molecule has 264 valence electrons. The third-order valence-electron chi connectivity index (χ3n) is 9.06. The molecule has 1 saturated carbocycles. The fourth-order valence-corrected chi connectivity index (χ4v) is 6.53. The van der Waals surface area contributed by atoms with E-state index in [-0.39, 0.29) is 13.0 Å². The molecular formula is C40H48N4O6. The minimum atomic E-state index is -1.39. The van der Waals surface area contributed by atoms with E-state index in [1.54, 1.807) is 38.2 Å². The van der Waals surface area contributed by atoms with Gasteiger partial charge in [-0.2, -0.15) is 0 Å². The topological polar surface area (TPSA) is 139 Å². The molecule has 5 rings (SSSR count). The third-order valence-corrected chi connectivity index (χ3v) is 9.06. The van der Waals surface area contributed by atoms with Crippen molar-refractivity contribution in [2.45, 2.75) is 95.9 Å². The van der Waals surface area contributed by atoms with Gasteiger partial charge in [-0.3, -0.25) is 14.6 Å². The van der Waals surface area contributed by atoms with Gasteiger partial charge in [0.2, 0.25) is 12.1 Å². The standard InChI is InChI=1S/C40H48N4O6/c1-27(2)50-39(38(47)42-34(24-28-14-5-3-6-15-28)36(45)33-22-11-12-23-41-33)44-37(46)35(25-29-16-7-4-8-17-29)43-40(48)49-26-31-20-13-19-30-18-9-10-21-32(30)31/h4,7-13,16-23,27-28,34-36,39,45H,3,5-6,14-15,24-26H2,1-2H3,(H,42,47)(H,43,48)(H,44,46)/t34?,35-,36-,39-/m0/s1. The zero-order valence-corrected chi connectivity index (χ0v) is 28.8. The Labute approximate surface area is 294 Å². The van der Waals surface area contributed by atoms with E-state index in [0.29, 0.717) is 18.0 Å². The largest absolute Gasteiger partial charge is 0.445 e. The predicted octanol–water partition coefficient (Wildman–Crippen LogP) is 6.13. The number of rotatable bonds is 15. The number of nitrogens with zero attached hydrogens (tertiary/aromatic N) is 1. The second-order valence-corrected chi connectivity index (χ2v) is 13.2. The number of benzene rings is 3. The summed E-state index contributed by atoms with van der Waals surface area (Å²) in [6.07, 6.45) is 4.13. The van der Waals surface area contributed by atoms with E-state index in [1.807, 2.05) is 72.8 Å². The van der Waals surface area contributed by atoms with Crippen LogP contribution < -0.4 is 16.0 Å². The third kappa shape index (κ3) is 10.6. The summed E-state index contributed by atoms with van der Waals surface area (Å²) in [6.45, 7) is 3.54. The van der Waals surface area contributed by atoms with Crippen molar-refractivity contribution in [3.8, 4) is 0 Å². The van der Waals surface area contributed by atoms with Crippen LogP contribution in [-0.4, -0.2) is 52.4 Å². The van der Waals surface area contributed by atoms with Crippen LogP contribution in [0.2, 0.25) is 0 Å². The smallest absolute Gasteiger partial charge is 0.408 e. The number of hydrogen-bond acceptors (Lipinski definition) is 7. The monoisotopic (exact) mass is 680 g/mol. The van der Waals surface area contributed by atoms with Gasteiger partial charge in [0, 0.05) is 12.6 Å². The zero-order valence-electron chi connectivity index (χ0n) is 28.8. The number of pyridine rings is 1. The van der Waals surface area contributed by atoms with Gasteiger partial charge >= 0.3 is 6.09 Å². The molecule has 3 amide bonds. The van der Waals surface area contributed by atoms with Crippen molar-refractivity contribution in [3.05, 3.63) is 114 Å². The quantitative estimate of drug-likeness (QED) is 0.111. The van der Waals surface area contributed by atoms with Gasteiger partial charge in [-0.1, -0.05) is 111 Å². The second kappa shape index (κ2) is 18.3. The molecule has 50 heavy (non-hydrogen) atoms. The van der Waals surface area contributed by atoms with Crippen LogP contribution in [0.5, 0.6) is 0 Å². The van der Waals surface area contributed by atoms with Crippen LogP contribution in [0.15, 0.2) is 97.2 Å². The van der Waals surface area contributed by atoms with E-state index in [0.717, 1.165) is 47.6 Å². The number of aromatic nitrogens is 1. The Morgan fingerprint density at radius 3 is 2.28 bits per heavy atom. The molecule has 0 aliphatic heterocycles. The lowest BCUT2D eigenvalue weighted by Gasteiger charge is -2.32. The summed E-state index contributed by atoms with van der Waals surface area (Å²) < 4.78 is 11.5. The van der Waals surface area contributed by atoms with Crippen molar-refractivity contribution < 1.29 is 29.0 Å². The summed E-state index contributed by atoms with van der Waals surface area (Å²) >= 11 is 0. The number of carbonyl (C=O) groups excluding carboxylic acids is 3. The van der Waals surface area contributed by atoms with Crippen LogP contribution >= 0.6 is 0 Å². The summed E-state index contributed by atoms with van der Waals surface area (Å²) in [5, 5.41) is 21.8. The molecule has 10 heteroatoms. The Kier molecular flexibility index (Phi) is 13.3. The molecule has 4 atom stereocenters. The van der Waals surface area contributed by atoms with Crippen LogP contribution in [0.25, 0.3) is 10.8 Å². The van der Waals surface area contributed by atoms with Gasteiger partial charge in [-0.05, 0) is 60.2 Å². The fraction of sp³-hybridized carbons (Fsp3) is 0.400. The minimum Gasteiger partial charge on any atom is -0.445 e. The van der Waals surface area contributed by atoms with E-state index < -0.39 is 48.4 Å². The van der Waals surface area contributed by atoms with Crippen molar-refractivity contribution in [1.82, 2.24) is 20.9 Å². The number of hydrogen-bond donors (Lipinski definition) is 4. The number of amides is 3. The van der Waals surface area contributed by atoms with Gasteiger partial charge in [-0.15, -0.1) is 0 Å². The lowest BCUT2D eigenvalue weighted by Crippen LogP contribution is -2.57. The normalized spacial score (nSPS) is 15.8. The van der Waals surface area contributed by atoms with E-state index in [4.69, 9.17) is 9.47 Å². The number of aliphatic hydroxyl groups is 1. The molecule has 1 fully saturated rings. The van der Waals surface area contributed by atoms with Crippen LogP contribution in [0.1, 0.15) is 75.3 Å². The molecule has 4 aromatic rings. The van der Waals surface area contributed by atoms with Crippen LogP contribution in [-0.2, 0) is 32.1 Å². The maximum absolute atomic E-state index is 13.9. The van der Waals surface area contributed by atoms with E-state index >= 15 is 0 Å². The van der Waals surface area contributed by atoms with Crippen molar-refractivity contribution in [1.29, 1.82) is 0 Å². The highest BCUT2D eigenvalue weighted by Gasteiger charge is 2.33. The maximum Gasteiger partial charge on any atom is 0.408 e. The Bertz CT molecular complexity index is 1670. The van der Waals surface area contributed by atoms with Gasteiger partial charge in [-0.25, -0.2) is 4.79 Å². The Morgan fingerprint density at radius 2 is 1.54 bits per heavy atom. The highest BCUT2D eigenvalue weighted by Crippen LogP contribution is 2.30. The van der Waals surface area contributed by atoms with Crippen molar-refractivity contribution in [2.75, 3.05) is 0 Å². The van der Waals surface area contributed by atoms with Gasteiger partial charge in [0.1, 0.15) is 18.8 Å². The first-order valence-electron chi connectivity index (χ1n) is 17.6. The molecule has 3 aromatic carbocycles. The van der Waals surface area contributed by atoms with Gasteiger partial charge < -0.3 is 30.5 Å². The lowest BCUT2D eigenvalue weighted by molar-refractivity contribution is -0.146. The number of nitrogens with one attached hydrogen (secondary N) is 3. The average Bonchev–Trinajstić information content (AvgIpc) is 3.13. The van der Waals surface area contributed by atoms with Crippen LogP contribution in [0, 0.1) is 5.92 Å². The lowest BCUT2D eigenvalue weighted by atomic mass is 9.83. The maximum atomic E-state index is 13.9. The van der Waals surface area contributed by atoms with Crippen LogP contribution in [0.4, 0.5) is 4.79 Å². The first kappa shape index (κ1) is 36.5. The van der Waals surface area contributed by atoms with Gasteiger partial charge in [0.15, 0.2) is 0 Å². The molecule has 1 unspecified atom stereocenters. The first-order chi connectivity index (χ1) is 24.3. The first-order valence-corrected chi connectivity index (χ1v) is 17.6. The van der Waals surface area contributed by atoms with E-state index in [9.17, 15) is 19.5 Å². The van der Waals surface area contributed by atoms with Crippen LogP contribution in [0.3, 0.4) is 0 Å². The van der Waals surface area contributed by atoms with Gasteiger partial charge in [0.25, 0.3) is 5.91 Å². The average molecular weight is 681 g/mol. The number of ether oxygens (including phenoxy) is 2. The number of carbonyl (C=O) groups is 3. The highest BCUT2D eigenvalue weighted by molar-refractivity contribution is 5.91. The van der Waals surface area contributed by atoms with Crippen molar-refractivity contribution >= 4 is 28.7 Å². The molecule has 1 aliphatic carbocycles. The molecule has 1 heterocycles. The summed E-state index contributed by atoms with van der Waals surface area (Å²) in [4.78, 5) is 45.2. The van der Waals surface area contributed by atoms with Crippen molar-refractivity contribution in [3.63, 3.8) is 0 Å². The predicted molar refractivity (Wildman–Crippen MR) is 192 cm³/mol. The molecule has 0 spiro atoms. The molecular weight excluding hydrogens is 632 g/mol. The number of alkyl carbamates (subject to hydrolysis) is 1. The molecule has 0 saturated heterocycles. The molecule has 0 bridgehead atoms. The SMILES string of the molecule is CC(C)O[C@H](NC(=O)[C@H](Cc1ccccc1)NC(=O)OCc1cccc2ccccc12)C(=O)NC(CC1CCCCC1)[C@@H](O)c1ccccn1. The molecule has 0 radical (unpaired) electrons. The number of aliphatic hydroxyl groups excluding tert-OH is 1. The Morgan fingerprint density at radius 1 is 0.820 bits per heavy atom. The molecule has 1 aliphatic rings. The molecule has 1 aromatic heterocycles. The summed E-state index contributed by atoms with van der Waals surface area (Å²) in [5.41, 5.74) is 2.09. The Balaban J connectivity index is 1.30.